The maximum atomic E-state index is 13.6. The zero-order valence-corrected chi connectivity index (χ0v) is 10.2. The molecule has 1 saturated heterocycles. The van der Waals surface area contributed by atoms with Crippen LogP contribution >= 0.6 is 0 Å². The van der Waals surface area contributed by atoms with E-state index < -0.39 is 29.1 Å². The van der Waals surface area contributed by atoms with Crippen molar-refractivity contribution in [2.45, 2.75) is 6.10 Å². The van der Waals surface area contributed by atoms with Crippen LogP contribution in [0.3, 0.4) is 0 Å². The van der Waals surface area contributed by atoms with Crippen LogP contribution in [0.4, 0.5) is 13.2 Å². The fraction of sp³-hybridized carbons (Fsp3) is 0.333. The molecule has 0 radical (unpaired) electrons. The van der Waals surface area contributed by atoms with Gasteiger partial charge in [0.25, 0.3) is 5.89 Å². The molecule has 0 amide bonds. The van der Waals surface area contributed by atoms with Gasteiger partial charge in [0.15, 0.2) is 0 Å². The van der Waals surface area contributed by atoms with E-state index in [1.165, 1.54) is 0 Å². The molecule has 2 aromatic rings. The first kappa shape index (κ1) is 13.1. The fourth-order valence-corrected chi connectivity index (χ4v) is 1.94. The van der Waals surface area contributed by atoms with Crippen LogP contribution in [0.1, 0.15) is 11.9 Å². The summed E-state index contributed by atoms with van der Waals surface area (Å²) in [7, 11) is 0. The van der Waals surface area contributed by atoms with Gasteiger partial charge >= 0.3 is 0 Å². The molecule has 1 aliphatic heterocycles. The number of aromatic nitrogens is 2. The van der Waals surface area contributed by atoms with E-state index in [1.807, 2.05) is 0 Å². The first-order chi connectivity index (χ1) is 9.65. The quantitative estimate of drug-likeness (QED) is 0.912. The standard InChI is InChI=1S/C12H10F3N3O2/c13-6-3-7(14)10(8(15)4-6)12-17-11(18-20-12)9-5-16-1-2-19-9/h3-4,9,16H,1-2,5H2. The van der Waals surface area contributed by atoms with Crippen molar-refractivity contribution in [2.24, 2.45) is 0 Å². The predicted molar refractivity (Wildman–Crippen MR) is 61.2 cm³/mol. The summed E-state index contributed by atoms with van der Waals surface area (Å²) in [4.78, 5) is 3.91. The number of rotatable bonds is 2. The van der Waals surface area contributed by atoms with Gasteiger partial charge in [-0.15, -0.1) is 0 Å². The monoisotopic (exact) mass is 285 g/mol. The summed E-state index contributed by atoms with van der Waals surface area (Å²) in [5.74, 6) is -3.36. The molecule has 1 N–H and O–H groups in total. The van der Waals surface area contributed by atoms with Crippen molar-refractivity contribution >= 4 is 0 Å². The Kier molecular flexibility index (Phi) is 3.41. The Balaban J connectivity index is 1.94. The molecule has 1 aromatic carbocycles. The largest absolute Gasteiger partial charge is 0.367 e. The van der Waals surface area contributed by atoms with E-state index >= 15 is 0 Å². The number of hydrogen-bond donors (Lipinski definition) is 1. The molecule has 1 unspecified atom stereocenters. The van der Waals surface area contributed by atoms with Crippen molar-refractivity contribution in [1.82, 2.24) is 15.5 Å². The molecule has 1 atom stereocenters. The Morgan fingerprint density at radius 3 is 2.60 bits per heavy atom. The predicted octanol–water partition coefficient (Wildman–Crippen LogP) is 1.81. The Hall–Kier alpha value is -1.93. The van der Waals surface area contributed by atoms with Gasteiger partial charge in [0, 0.05) is 25.2 Å². The number of nitrogens with one attached hydrogen (secondary N) is 1. The van der Waals surface area contributed by atoms with E-state index in [0.29, 0.717) is 31.8 Å². The minimum absolute atomic E-state index is 0.190. The van der Waals surface area contributed by atoms with E-state index in [-0.39, 0.29) is 11.7 Å². The summed E-state index contributed by atoms with van der Waals surface area (Å²) in [6.07, 6.45) is -0.437. The lowest BCUT2D eigenvalue weighted by Crippen LogP contribution is -2.33. The first-order valence-corrected chi connectivity index (χ1v) is 5.96. The topological polar surface area (TPSA) is 60.2 Å². The van der Waals surface area contributed by atoms with Gasteiger partial charge in [-0.05, 0) is 0 Å². The van der Waals surface area contributed by atoms with E-state index in [4.69, 9.17) is 9.26 Å². The number of morpholine rings is 1. The van der Waals surface area contributed by atoms with Crippen LogP contribution in [0.25, 0.3) is 11.5 Å². The number of benzene rings is 1. The van der Waals surface area contributed by atoms with Gasteiger partial charge in [-0.1, -0.05) is 5.16 Å². The molecule has 3 rings (SSSR count). The van der Waals surface area contributed by atoms with Crippen LogP contribution in [0, 0.1) is 17.5 Å². The lowest BCUT2D eigenvalue weighted by Gasteiger charge is -2.20. The van der Waals surface area contributed by atoms with Crippen LogP contribution < -0.4 is 5.32 Å². The Morgan fingerprint density at radius 2 is 1.95 bits per heavy atom. The molecule has 0 spiro atoms. The van der Waals surface area contributed by atoms with Gasteiger partial charge in [-0.3, -0.25) is 0 Å². The molecule has 2 heterocycles. The molecular weight excluding hydrogens is 275 g/mol. The normalized spacial score (nSPS) is 19.2. The van der Waals surface area contributed by atoms with Gasteiger partial charge in [-0.2, -0.15) is 4.98 Å². The minimum Gasteiger partial charge on any atom is -0.367 e. The number of halogens is 3. The van der Waals surface area contributed by atoms with Crippen LogP contribution in [0.5, 0.6) is 0 Å². The Labute approximate surface area is 111 Å². The van der Waals surface area contributed by atoms with Gasteiger partial charge < -0.3 is 14.6 Å². The maximum absolute atomic E-state index is 13.6. The fourth-order valence-electron chi connectivity index (χ4n) is 1.94. The van der Waals surface area contributed by atoms with Crippen LogP contribution in [0.2, 0.25) is 0 Å². The average Bonchev–Trinajstić information content (AvgIpc) is 2.88. The van der Waals surface area contributed by atoms with E-state index in [2.05, 4.69) is 15.5 Å². The molecule has 1 fully saturated rings. The highest BCUT2D eigenvalue weighted by atomic mass is 19.1. The Morgan fingerprint density at radius 1 is 1.20 bits per heavy atom. The van der Waals surface area contributed by atoms with Crippen molar-refractivity contribution in [3.8, 4) is 11.5 Å². The van der Waals surface area contributed by atoms with Gasteiger partial charge in [0.2, 0.25) is 5.82 Å². The molecule has 8 heteroatoms. The summed E-state index contributed by atoms with van der Waals surface area (Å²) in [6.45, 7) is 1.67. The molecule has 1 aromatic heterocycles. The molecule has 0 aliphatic carbocycles. The highest BCUT2D eigenvalue weighted by Gasteiger charge is 2.25. The zero-order chi connectivity index (χ0) is 14.1. The summed E-state index contributed by atoms with van der Waals surface area (Å²) in [6, 6.07) is 1.11. The minimum atomic E-state index is -1.10. The van der Waals surface area contributed by atoms with Gasteiger partial charge in [0.05, 0.1) is 6.61 Å². The SMILES string of the molecule is Fc1cc(F)c(-c2nc(C3CNCCO3)no2)c(F)c1. The summed E-state index contributed by atoms with van der Waals surface area (Å²) in [5.41, 5.74) is -0.547. The third-order valence-electron chi connectivity index (χ3n) is 2.88. The smallest absolute Gasteiger partial charge is 0.263 e. The van der Waals surface area contributed by atoms with E-state index in [9.17, 15) is 13.2 Å². The second kappa shape index (κ2) is 5.22. The number of ether oxygens (including phenoxy) is 1. The molecule has 106 valence electrons. The average molecular weight is 285 g/mol. The summed E-state index contributed by atoms with van der Waals surface area (Å²) >= 11 is 0. The van der Waals surface area contributed by atoms with Crippen LogP contribution in [0.15, 0.2) is 16.7 Å². The lowest BCUT2D eigenvalue weighted by atomic mass is 10.2. The first-order valence-electron chi connectivity index (χ1n) is 5.96. The van der Waals surface area contributed by atoms with Gasteiger partial charge in [-0.25, -0.2) is 13.2 Å². The second-order valence-electron chi connectivity index (χ2n) is 4.27. The molecule has 0 saturated carbocycles. The van der Waals surface area contributed by atoms with Crippen molar-refractivity contribution in [3.63, 3.8) is 0 Å². The van der Waals surface area contributed by atoms with Crippen molar-refractivity contribution < 1.29 is 22.4 Å². The second-order valence-corrected chi connectivity index (χ2v) is 4.27. The molecule has 0 bridgehead atoms. The van der Waals surface area contributed by atoms with E-state index in [0.717, 1.165) is 0 Å². The highest BCUT2D eigenvalue weighted by molar-refractivity contribution is 5.54. The van der Waals surface area contributed by atoms with Crippen LogP contribution in [-0.4, -0.2) is 29.8 Å². The molecule has 20 heavy (non-hydrogen) atoms. The summed E-state index contributed by atoms with van der Waals surface area (Å²) < 4.78 is 50.3. The zero-order valence-electron chi connectivity index (χ0n) is 10.2. The molecular formula is C12H10F3N3O2. The lowest BCUT2D eigenvalue weighted by molar-refractivity contribution is 0.0208. The molecule has 1 aliphatic rings. The van der Waals surface area contributed by atoms with E-state index in [1.54, 1.807) is 0 Å². The third-order valence-corrected chi connectivity index (χ3v) is 2.88. The maximum Gasteiger partial charge on any atom is 0.263 e. The highest BCUT2D eigenvalue weighted by Crippen LogP contribution is 2.27. The van der Waals surface area contributed by atoms with Gasteiger partial charge in [0.1, 0.15) is 29.1 Å². The van der Waals surface area contributed by atoms with Crippen molar-refractivity contribution in [2.75, 3.05) is 19.7 Å². The van der Waals surface area contributed by atoms with Crippen molar-refractivity contribution in [1.29, 1.82) is 0 Å². The molecule has 5 nitrogen and oxygen atoms in total. The summed E-state index contributed by atoms with van der Waals surface area (Å²) in [5, 5.41) is 6.71. The van der Waals surface area contributed by atoms with Crippen molar-refractivity contribution in [3.05, 3.63) is 35.4 Å². The van der Waals surface area contributed by atoms with Crippen LogP contribution in [-0.2, 0) is 4.74 Å². The Bertz CT molecular complexity index is 603. The number of hydrogen-bond acceptors (Lipinski definition) is 5. The third kappa shape index (κ3) is 2.39. The number of nitrogens with zero attached hydrogens (tertiary/aromatic N) is 2.